The Bertz CT molecular complexity index is 825. The Hall–Kier alpha value is -2.96. The van der Waals surface area contributed by atoms with Gasteiger partial charge in [0.25, 0.3) is 0 Å². The van der Waals surface area contributed by atoms with E-state index >= 15 is 0 Å². The number of aryl methyl sites for hydroxylation is 1. The molecule has 26 heavy (non-hydrogen) atoms. The molecule has 1 amide bonds. The molecule has 1 aliphatic heterocycles. The minimum Gasteiger partial charge on any atom is -0.490 e. The lowest BCUT2D eigenvalue weighted by atomic mass is 9.95. The molecule has 1 aliphatic rings. The molecule has 0 fully saturated rings. The number of carbonyl (C=O) groups is 2. The number of carbonyl (C=O) groups excluding carboxylic acids is 1. The number of hydrogen-bond donors (Lipinski definition) is 2. The highest BCUT2D eigenvalue weighted by molar-refractivity contribution is 5.88. The number of ether oxygens (including phenoxy) is 2. The molecular weight excluding hydrogens is 338 g/mol. The number of furan rings is 1. The summed E-state index contributed by atoms with van der Waals surface area (Å²) in [6.07, 6.45) is 0.555. The van der Waals surface area contributed by atoms with Crippen LogP contribution in [0.3, 0.4) is 0 Å². The molecule has 0 radical (unpaired) electrons. The van der Waals surface area contributed by atoms with E-state index in [0.29, 0.717) is 36.0 Å². The van der Waals surface area contributed by atoms with Crippen LogP contribution in [0.2, 0.25) is 0 Å². The Morgan fingerprint density at radius 1 is 1.38 bits per heavy atom. The Morgan fingerprint density at radius 2 is 2.19 bits per heavy atom. The van der Waals surface area contributed by atoms with Gasteiger partial charge in [-0.1, -0.05) is 12.1 Å². The van der Waals surface area contributed by atoms with Crippen molar-refractivity contribution >= 4 is 11.9 Å². The number of hydrogen-bond acceptors (Lipinski definition) is 5. The van der Waals surface area contributed by atoms with E-state index in [4.69, 9.17) is 19.0 Å². The van der Waals surface area contributed by atoms with E-state index in [1.807, 2.05) is 25.1 Å². The van der Waals surface area contributed by atoms with E-state index in [1.54, 1.807) is 6.92 Å². The van der Waals surface area contributed by atoms with Crippen molar-refractivity contribution < 1.29 is 28.6 Å². The molecule has 0 spiro atoms. The average molecular weight is 359 g/mol. The van der Waals surface area contributed by atoms with Gasteiger partial charge in [-0.05, 0) is 38.0 Å². The zero-order valence-electron chi connectivity index (χ0n) is 14.7. The maximum absolute atomic E-state index is 12.4. The van der Waals surface area contributed by atoms with Gasteiger partial charge in [-0.3, -0.25) is 4.79 Å². The van der Waals surface area contributed by atoms with Crippen LogP contribution in [0.25, 0.3) is 0 Å². The van der Waals surface area contributed by atoms with Crippen LogP contribution < -0.4 is 14.8 Å². The third-order valence-corrected chi connectivity index (χ3v) is 4.26. The van der Waals surface area contributed by atoms with Crippen LogP contribution in [0.1, 0.15) is 34.4 Å². The number of nitrogens with one attached hydrogen (secondary N) is 1. The van der Waals surface area contributed by atoms with Gasteiger partial charge in [0.1, 0.15) is 23.7 Å². The van der Waals surface area contributed by atoms with Gasteiger partial charge >= 0.3 is 5.97 Å². The molecule has 138 valence electrons. The predicted octanol–water partition coefficient (Wildman–Crippen LogP) is 2.55. The number of carboxylic acids is 1. The summed E-state index contributed by atoms with van der Waals surface area (Å²) in [6, 6.07) is 7.08. The summed E-state index contributed by atoms with van der Waals surface area (Å²) in [4.78, 5) is 23.5. The molecular formula is C19H21NO6. The second-order valence-electron chi connectivity index (χ2n) is 6.09. The van der Waals surface area contributed by atoms with E-state index in [1.165, 1.54) is 6.07 Å². The predicted molar refractivity (Wildman–Crippen MR) is 92.6 cm³/mol. The van der Waals surface area contributed by atoms with Crippen LogP contribution in [0.4, 0.5) is 0 Å². The molecule has 7 nitrogen and oxygen atoms in total. The largest absolute Gasteiger partial charge is 0.490 e. The quantitative estimate of drug-likeness (QED) is 0.822. The smallest absolute Gasteiger partial charge is 0.339 e. The maximum Gasteiger partial charge on any atom is 0.339 e. The average Bonchev–Trinajstić information content (AvgIpc) is 3.01. The van der Waals surface area contributed by atoms with E-state index in [2.05, 4.69) is 5.32 Å². The maximum atomic E-state index is 12.4. The number of amides is 1. The van der Waals surface area contributed by atoms with E-state index in [9.17, 15) is 9.59 Å². The van der Waals surface area contributed by atoms with Crippen molar-refractivity contribution in [2.45, 2.75) is 26.8 Å². The number of fused-ring (bicyclic) bond motifs is 1. The van der Waals surface area contributed by atoms with Gasteiger partial charge in [-0.2, -0.15) is 0 Å². The van der Waals surface area contributed by atoms with Crippen LogP contribution >= 0.6 is 0 Å². The molecule has 0 saturated carbocycles. The normalized spacial score (nSPS) is 15.7. The SMILES string of the molecule is CCOc1cccc2c1OC[C@H](C(=O)NCc1cc(C(=O)O)c(C)o1)C2. The first kappa shape index (κ1) is 17.8. The summed E-state index contributed by atoms with van der Waals surface area (Å²) in [7, 11) is 0. The standard InChI is InChI=1S/C19H21NO6/c1-3-24-16-6-4-5-12-7-13(10-25-17(12)16)18(21)20-9-14-8-15(19(22)23)11(2)26-14/h4-6,8,13H,3,7,9-10H2,1-2H3,(H,20,21)(H,22,23)/t13-/m1/s1. The fourth-order valence-corrected chi connectivity index (χ4v) is 2.99. The van der Waals surface area contributed by atoms with Gasteiger partial charge in [0, 0.05) is 0 Å². The first-order valence-electron chi connectivity index (χ1n) is 8.47. The Labute approximate surface area is 150 Å². The Kier molecular flexibility index (Phi) is 5.16. The van der Waals surface area contributed by atoms with Gasteiger partial charge in [0.05, 0.1) is 19.1 Å². The third-order valence-electron chi connectivity index (χ3n) is 4.26. The fraction of sp³-hybridized carbons (Fsp3) is 0.368. The summed E-state index contributed by atoms with van der Waals surface area (Å²) in [5.74, 6) is 0.579. The molecule has 2 aromatic rings. The van der Waals surface area contributed by atoms with Gasteiger partial charge in [0.2, 0.25) is 5.91 Å². The minimum absolute atomic E-state index is 0.104. The Morgan fingerprint density at radius 3 is 2.88 bits per heavy atom. The molecule has 1 aromatic heterocycles. The van der Waals surface area contributed by atoms with Gasteiger partial charge in [0.15, 0.2) is 11.5 Å². The summed E-state index contributed by atoms with van der Waals surface area (Å²) in [5.41, 5.74) is 1.04. The molecule has 2 heterocycles. The van der Waals surface area contributed by atoms with Crippen molar-refractivity contribution in [3.8, 4) is 11.5 Å². The molecule has 0 bridgehead atoms. The van der Waals surface area contributed by atoms with Crippen LogP contribution in [-0.4, -0.2) is 30.2 Å². The highest BCUT2D eigenvalue weighted by Gasteiger charge is 2.28. The van der Waals surface area contributed by atoms with Crippen molar-refractivity contribution in [1.29, 1.82) is 0 Å². The fourth-order valence-electron chi connectivity index (χ4n) is 2.99. The zero-order chi connectivity index (χ0) is 18.7. The zero-order valence-corrected chi connectivity index (χ0v) is 14.7. The van der Waals surface area contributed by atoms with E-state index in [-0.39, 0.29) is 30.5 Å². The highest BCUT2D eigenvalue weighted by atomic mass is 16.5. The number of benzene rings is 1. The summed E-state index contributed by atoms with van der Waals surface area (Å²) in [6.45, 7) is 4.43. The van der Waals surface area contributed by atoms with E-state index < -0.39 is 5.97 Å². The summed E-state index contributed by atoms with van der Waals surface area (Å²) >= 11 is 0. The van der Waals surface area contributed by atoms with Crippen LogP contribution in [-0.2, 0) is 17.8 Å². The first-order chi connectivity index (χ1) is 12.5. The molecule has 0 aliphatic carbocycles. The van der Waals surface area contributed by atoms with E-state index in [0.717, 1.165) is 5.56 Å². The topological polar surface area (TPSA) is 98.0 Å². The monoisotopic (exact) mass is 359 g/mol. The first-order valence-corrected chi connectivity index (χ1v) is 8.47. The second-order valence-corrected chi connectivity index (χ2v) is 6.09. The van der Waals surface area contributed by atoms with Crippen LogP contribution in [0.15, 0.2) is 28.7 Å². The summed E-state index contributed by atoms with van der Waals surface area (Å²) in [5, 5.41) is 11.8. The van der Waals surface area contributed by atoms with Crippen molar-refractivity contribution in [3.63, 3.8) is 0 Å². The van der Waals surface area contributed by atoms with Crippen molar-refractivity contribution in [2.75, 3.05) is 13.2 Å². The lowest BCUT2D eigenvalue weighted by molar-refractivity contribution is -0.126. The van der Waals surface area contributed by atoms with Crippen molar-refractivity contribution in [2.24, 2.45) is 5.92 Å². The van der Waals surface area contributed by atoms with Gasteiger partial charge < -0.3 is 24.3 Å². The molecule has 7 heteroatoms. The van der Waals surface area contributed by atoms with Crippen molar-refractivity contribution in [3.05, 3.63) is 46.9 Å². The number of carboxylic acid groups (broad SMARTS) is 1. The molecule has 0 unspecified atom stereocenters. The number of rotatable bonds is 6. The second kappa shape index (κ2) is 7.51. The molecule has 1 atom stereocenters. The molecule has 2 N–H and O–H groups in total. The minimum atomic E-state index is -1.05. The number of aromatic carboxylic acids is 1. The molecule has 3 rings (SSSR count). The van der Waals surface area contributed by atoms with Crippen LogP contribution in [0.5, 0.6) is 11.5 Å². The van der Waals surface area contributed by atoms with Crippen LogP contribution in [0, 0.1) is 12.8 Å². The number of para-hydroxylation sites is 1. The Balaban J connectivity index is 1.62. The van der Waals surface area contributed by atoms with Gasteiger partial charge in [-0.15, -0.1) is 0 Å². The molecule has 0 saturated heterocycles. The lowest BCUT2D eigenvalue weighted by Gasteiger charge is -2.26. The lowest BCUT2D eigenvalue weighted by Crippen LogP contribution is -2.37. The van der Waals surface area contributed by atoms with Crippen molar-refractivity contribution in [1.82, 2.24) is 5.32 Å². The molecule has 1 aromatic carbocycles. The summed E-state index contributed by atoms with van der Waals surface area (Å²) < 4.78 is 16.7. The third kappa shape index (κ3) is 3.66. The van der Waals surface area contributed by atoms with Gasteiger partial charge in [-0.25, -0.2) is 4.79 Å². The highest BCUT2D eigenvalue weighted by Crippen LogP contribution is 2.36.